The SMILES string of the molecule is CCCCOCCCNC(=O)/C(C#N)=C\N(C)Cc1ccccc1. The summed E-state index contributed by atoms with van der Waals surface area (Å²) in [6.07, 6.45) is 4.50. The van der Waals surface area contributed by atoms with Crippen molar-refractivity contribution >= 4 is 5.91 Å². The Labute approximate surface area is 144 Å². The number of amides is 1. The molecule has 24 heavy (non-hydrogen) atoms. The first kappa shape index (κ1) is 19.7. The highest BCUT2D eigenvalue weighted by Crippen LogP contribution is 2.05. The van der Waals surface area contributed by atoms with E-state index in [1.807, 2.05) is 48.3 Å². The molecule has 1 aromatic carbocycles. The molecule has 1 aromatic rings. The van der Waals surface area contributed by atoms with Crippen LogP contribution in [0.15, 0.2) is 42.1 Å². The molecule has 0 saturated carbocycles. The minimum absolute atomic E-state index is 0.111. The molecule has 0 heterocycles. The van der Waals surface area contributed by atoms with Gasteiger partial charge in [0.05, 0.1) is 0 Å². The van der Waals surface area contributed by atoms with Crippen LogP contribution in [0.25, 0.3) is 0 Å². The summed E-state index contributed by atoms with van der Waals surface area (Å²) in [5.41, 5.74) is 1.23. The van der Waals surface area contributed by atoms with Gasteiger partial charge in [0.15, 0.2) is 0 Å². The molecule has 1 N–H and O–H groups in total. The van der Waals surface area contributed by atoms with Crippen LogP contribution in [-0.2, 0) is 16.1 Å². The first-order valence-electron chi connectivity index (χ1n) is 8.39. The summed E-state index contributed by atoms with van der Waals surface area (Å²) in [6, 6.07) is 11.9. The van der Waals surface area contributed by atoms with Crippen molar-refractivity contribution in [2.75, 3.05) is 26.8 Å². The van der Waals surface area contributed by atoms with Crippen LogP contribution in [-0.4, -0.2) is 37.6 Å². The third-order valence-electron chi connectivity index (χ3n) is 3.38. The fourth-order valence-corrected chi connectivity index (χ4v) is 2.10. The predicted molar refractivity (Wildman–Crippen MR) is 95.0 cm³/mol. The van der Waals surface area contributed by atoms with Gasteiger partial charge in [-0.1, -0.05) is 43.7 Å². The number of carbonyl (C=O) groups excluding carboxylic acids is 1. The zero-order valence-electron chi connectivity index (χ0n) is 14.6. The van der Waals surface area contributed by atoms with Crippen LogP contribution in [0.5, 0.6) is 0 Å². The van der Waals surface area contributed by atoms with E-state index in [2.05, 4.69) is 12.2 Å². The van der Waals surface area contributed by atoms with Crippen LogP contribution in [0, 0.1) is 11.3 Å². The second kappa shape index (κ2) is 12.1. The topological polar surface area (TPSA) is 65.4 Å². The second-order valence-corrected chi connectivity index (χ2v) is 5.63. The van der Waals surface area contributed by atoms with Crippen LogP contribution < -0.4 is 5.32 Å². The Kier molecular flexibility index (Phi) is 9.98. The zero-order valence-corrected chi connectivity index (χ0v) is 14.6. The number of hydrogen-bond donors (Lipinski definition) is 1. The normalized spacial score (nSPS) is 11.0. The van der Waals surface area contributed by atoms with Crippen molar-refractivity contribution in [1.29, 1.82) is 5.26 Å². The summed E-state index contributed by atoms with van der Waals surface area (Å²) in [5, 5.41) is 11.9. The van der Waals surface area contributed by atoms with Crippen LogP contribution in [0.1, 0.15) is 31.7 Å². The van der Waals surface area contributed by atoms with Crippen LogP contribution in [0.3, 0.4) is 0 Å². The summed E-state index contributed by atoms with van der Waals surface area (Å²) in [6.45, 7) is 4.66. The molecule has 0 radical (unpaired) electrons. The first-order valence-corrected chi connectivity index (χ1v) is 8.39. The van der Waals surface area contributed by atoms with Gasteiger partial charge in [0.25, 0.3) is 5.91 Å². The van der Waals surface area contributed by atoms with Crippen molar-refractivity contribution in [2.24, 2.45) is 0 Å². The number of nitriles is 1. The Balaban J connectivity index is 2.35. The summed E-state index contributed by atoms with van der Waals surface area (Å²) >= 11 is 0. The van der Waals surface area contributed by atoms with Gasteiger partial charge in [0.2, 0.25) is 0 Å². The molecule has 130 valence electrons. The number of nitrogens with zero attached hydrogens (tertiary/aromatic N) is 2. The van der Waals surface area contributed by atoms with Crippen LogP contribution in [0.4, 0.5) is 0 Å². The van der Waals surface area contributed by atoms with E-state index in [9.17, 15) is 10.1 Å². The molecule has 0 bridgehead atoms. The lowest BCUT2D eigenvalue weighted by Gasteiger charge is -2.15. The number of ether oxygens (including phenoxy) is 1. The molecule has 0 fully saturated rings. The van der Waals surface area contributed by atoms with Gasteiger partial charge < -0.3 is 15.0 Å². The van der Waals surface area contributed by atoms with Crippen molar-refractivity contribution < 1.29 is 9.53 Å². The molecule has 0 aliphatic heterocycles. The maximum atomic E-state index is 12.0. The summed E-state index contributed by atoms with van der Waals surface area (Å²) in [4.78, 5) is 13.9. The number of carbonyl (C=O) groups is 1. The standard InChI is InChI=1S/C19H27N3O2/c1-3-4-12-24-13-8-11-21-19(23)18(14-20)16-22(2)15-17-9-6-5-7-10-17/h5-7,9-10,16H,3-4,8,11-13,15H2,1-2H3,(H,21,23)/b18-16-. The van der Waals surface area contributed by atoms with E-state index in [0.717, 1.165) is 31.4 Å². The molecule has 5 heteroatoms. The third-order valence-corrected chi connectivity index (χ3v) is 3.38. The van der Waals surface area contributed by atoms with Crippen molar-refractivity contribution in [3.8, 4) is 6.07 Å². The molecule has 0 spiro atoms. The van der Waals surface area contributed by atoms with Gasteiger partial charge in [0, 0.05) is 39.6 Å². The first-order chi connectivity index (χ1) is 11.7. The highest BCUT2D eigenvalue weighted by atomic mass is 16.5. The average molecular weight is 329 g/mol. The lowest BCUT2D eigenvalue weighted by Crippen LogP contribution is -2.27. The largest absolute Gasteiger partial charge is 0.381 e. The fraction of sp³-hybridized carbons (Fsp3) is 0.474. The van der Waals surface area contributed by atoms with E-state index >= 15 is 0 Å². The smallest absolute Gasteiger partial charge is 0.263 e. The Morgan fingerprint density at radius 1 is 1.29 bits per heavy atom. The number of nitrogens with one attached hydrogen (secondary N) is 1. The van der Waals surface area contributed by atoms with Crippen LogP contribution >= 0.6 is 0 Å². The molecule has 5 nitrogen and oxygen atoms in total. The molecule has 0 aromatic heterocycles. The quantitative estimate of drug-likeness (QED) is 0.385. The van der Waals surface area contributed by atoms with Gasteiger partial charge in [-0.3, -0.25) is 4.79 Å². The third kappa shape index (κ3) is 8.35. The molecule has 0 aliphatic carbocycles. The van der Waals surface area contributed by atoms with Gasteiger partial charge in [0.1, 0.15) is 11.6 Å². The van der Waals surface area contributed by atoms with Crippen molar-refractivity contribution in [2.45, 2.75) is 32.7 Å². The molecule has 0 saturated heterocycles. The maximum Gasteiger partial charge on any atom is 0.263 e. The van der Waals surface area contributed by atoms with E-state index in [4.69, 9.17) is 4.74 Å². The van der Waals surface area contributed by atoms with Crippen molar-refractivity contribution in [3.05, 3.63) is 47.7 Å². The molecular formula is C19H27N3O2. The summed E-state index contributed by atoms with van der Waals surface area (Å²) in [5.74, 6) is -0.342. The number of hydrogen-bond acceptors (Lipinski definition) is 4. The van der Waals surface area contributed by atoms with Gasteiger partial charge >= 0.3 is 0 Å². The Bertz CT molecular complexity index is 549. The van der Waals surface area contributed by atoms with Gasteiger partial charge in [-0.2, -0.15) is 5.26 Å². The molecule has 1 amide bonds. The molecule has 1 rings (SSSR count). The molecule has 0 atom stereocenters. The monoisotopic (exact) mass is 329 g/mol. The molecule has 0 unspecified atom stereocenters. The Morgan fingerprint density at radius 3 is 2.67 bits per heavy atom. The van der Waals surface area contributed by atoms with Crippen molar-refractivity contribution in [1.82, 2.24) is 10.2 Å². The summed E-state index contributed by atoms with van der Waals surface area (Å²) in [7, 11) is 1.85. The van der Waals surface area contributed by atoms with E-state index in [-0.39, 0.29) is 11.5 Å². The lowest BCUT2D eigenvalue weighted by atomic mass is 10.2. The van der Waals surface area contributed by atoms with Crippen molar-refractivity contribution in [3.63, 3.8) is 0 Å². The van der Waals surface area contributed by atoms with Crippen LogP contribution in [0.2, 0.25) is 0 Å². The predicted octanol–water partition coefficient (Wildman–Crippen LogP) is 2.85. The van der Waals surface area contributed by atoms with E-state index < -0.39 is 0 Å². The van der Waals surface area contributed by atoms with Gasteiger partial charge in [-0.15, -0.1) is 0 Å². The highest BCUT2D eigenvalue weighted by molar-refractivity contribution is 5.97. The second-order valence-electron chi connectivity index (χ2n) is 5.63. The summed E-state index contributed by atoms with van der Waals surface area (Å²) < 4.78 is 5.43. The fourth-order valence-electron chi connectivity index (χ4n) is 2.10. The van der Waals surface area contributed by atoms with Gasteiger partial charge in [-0.05, 0) is 18.4 Å². The van der Waals surface area contributed by atoms with E-state index in [1.165, 1.54) is 0 Å². The Hall–Kier alpha value is -2.32. The average Bonchev–Trinajstić information content (AvgIpc) is 2.59. The molecule has 0 aliphatic rings. The lowest BCUT2D eigenvalue weighted by molar-refractivity contribution is -0.117. The minimum Gasteiger partial charge on any atom is -0.381 e. The number of benzene rings is 1. The zero-order chi connectivity index (χ0) is 17.6. The Morgan fingerprint density at radius 2 is 2.00 bits per heavy atom. The van der Waals surface area contributed by atoms with E-state index in [0.29, 0.717) is 19.7 Å². The highest BCUT2D eigenvalue weighted by Gasteiger charge is 2.09. The van der Waals surface area contributed by atoms with E-state index in [1.54, 1.807) is 6.20 Å². The molecular weight excluding hydrogens is 302 g/mol. The van der Waals surface area contributed by atoms with Gasteiger partial charge in [-0.25, -0.2) is 0 Å². The number of unbranched alkanes of at least 4 members (excludes halogenated alkanes) is 1. The maximum absolute atomic E-state index is 12.0. The number of rotatable bonds is 11. The minimum atomic E-state index is -0.342.